The van der Waals surface area contributed by atoms with Gasteiger partial charge in [0.25, 0.3) is 5.91 Å². The van der Waals surface area contributed by atoms with Crippen LogP contribution in [0.4, 0.5) is 10.1 Å². The molecule has 0 aromatic heterocycles. The summed E-state index contributed by atoms with van der Waals surface area (Å²) in [5.74, 6) is -2.29. The Bertz CT molecular complexity index is 721. The quantitative estimate of drug-likeness (QED) is 0.862. The molecule has 0 heterocycles. The van der Waals surface area contributed by atoms with Crippen molar-refractivity contribution >= 4 is 29.2 Å². The van der Waals surface area contributed by atoms with Crippen molar-refractivity contribution in [3.05, 3.63) is 63.9 Å². The number of hydrogen-bond donors (Lipinski definition) is 1. The van der Waals surface area contributed by atoms with E-state index in [1.807, 2.05) is 32.0 Å². The second-order valence-electron chi connectivity index (χ2n) is 4.99. The van der Waals surface area contributed by atoms with E-state index in [0.29, 0.717) is 5.69 Å². The van der Waals surface area contributed by atoms with Gasteiger partial charge in [-0.2, -0.15) is 0 Å². The van der Waals surface area contributed by atoms with Crippen LogP contribution in [0.25, 0.3) is 0 Å². The molecule has 0 bridgehead atoms. The summed E-state index contributed by atoms with van der Waals surface area (Å²) < 4.78 is 18.4. The lowest BCUT2D eigenvalue weighted by atomic mass is 10.1. The summed E-state index contributed by atoms with van der Waals surface area (Å²) in [6.07, 6.45) is 0. The first-order valence-corrected chi connectivity index (χ1v) is 7.25. The number of aryl methyl sites for hydroxylation is 2. The molecule has 120 valence electrons. The molecule has 2 rings (SSSR count). The van der Waals surface area contributed by atoms with Gasteiger partial charge in [0.05, 0.1) is 5.02 Å². The summed E-state index contributed by atoms with van der Waals surface area (Å²) in [5, 5.41) is 2.61. The molecule has 0 atom stereocenters. The van der Waals surface area contributed by atoms with Crippen LogP contribution in [0.15, 0.2) is 36.4 Å². The van der Waals surface area contributed by atoms with Gasteiger partial charge in [0, 0.05) is 5.69 Å². The average Bonchev–Trinajstić information content (AvgIpc) is 2.49. The highest BCUT2D eigenvalue weighted by molar-refractivity contribution is 6.33. The lowest BCUT2D eigenvalue weighted by molar-refractivity contribution is -0.119. The van der Waals surface area contributed by atoms with E-state index in [2.05, 4.69) is 5.32 Å². The molecule has 0 saturated heterocycles. The number of para-hydroxylation sites is 1. The van der Waals surface area contributed by atoms with Crippen LogP contribution in [-0.2, 0) is 9.53 Å². The van der Waals surface area contributed by atoms with E-state index < -0.39 is 24.3 Å². The minimum absolute atomic E-state index is 0.0647. The third-order valence-corrected chi connectivity index (χ3v) is 3.56. The minimum Gasteiger partial charge on any atom is -0.452 e. The number of anilines is 1. The fraction of sp³-hybridized carbons (Fsp3) is 0.176. The van der Waals surface area contributed by atoms with Crippen molar-refractivity contribution in [2.24, 2.45) is 0 Å². The Balaban J connectivity index is 2.01. The number of hydrogen-bond acceptors (Lipinski definition) is 3. The highest BCUT2D eigenvalue weighted by atomic mass is 35.5. The zero-order valence-corrected chi connectivity index (χ0v) is 13.4. The first kappa shape index (κ1) is 17.0. The number of nitrogens with one attached hydrogen (secondary N) is 1. The van der Waals surface area contributed by atoms with E-state index in [1.54, 1.807) is 0 Å². The number of rotatable bonds is 4. The third-order valence-electron chi connectivity index (χ3n) is 3.25. The van der Waals surface area contributed by atoms with Gasteiger partial charge < -0.3 is 10.1 Å². The van der Waals surface area contributed by atoms with Gasteiger partial charge in [-0.05, 0) is 37.1 Å². The van der Waals surface area contributed by atoms with Crippen LogP contribution in [0.1, 0.15) is 21.5 Å². The number of carbonyl (C=O) groups is 2. The van der Waals surface area contributed by atoms with Crippen molar-refractivity contribution in [2.75, 3.05) is 11.9 Å². The van der Waals surface area contributed by atoms with Gasteiger partial charge in [-0.25, -0.2) is 9.18 Å². The Labute approximate surface area is 138 Å². The molecule has 23 heavy (non-hydrogen) atoms. The van der Waals surface area contributed by atoms with Crippen molar-refractivity contribution in [2.45, 2.75) is 13.8 Å². The SMILES string of the molecule is Cc1cccc(C)c1NC(=O)COC(=O)c1c(F)cccc1Cl. The van der Waals surface area contributed by atoms with Gasteiger partial charge in [-0.1, -0.05) is 35.9 Å². The molecule has 0 aliphatic carbocycles. The molecule has 6 heteroatoms. The van der Waals surface area contributed by atoms with E-state index in [1.165, 1.54) is 12.1 Å². The predicted octanol–water partition coefficient (Wildman–Crippen LogP) is 3.89. The fourth-order valence-corrected chi connectivity index (χ4v) is 2.32. The zero-order valence-electron chi connectivity index (χ0n) is 12.7. The topological polar surface area (TPSA) is 55.4 Å². The van der Waals surface area contributed by atoms with Crippen molar-refractivity contribution in [1.82, 2.24) is 0 Å². The Morgan fingerprint density at radius 1 is 1.13 bits per heavy atom. The van der Waals surface area contributed by atoms with Crippen molar-refractivity contribution < 1.29 is 18.7 Å². The second kappa shape index (κ2) is 7.24. The molecule has 0 saturated carbocycles. The molecule has 0 unspecified atom stereocenters. The van der Waals surface area contributed by atoms with E-state index in [4.69, 9.17) is 16.3 Å². The molecule has 1 amide bonds. The average molecular weight is 336 g/mol. The highest BCUT2D eigenvalue weighted by Gasteiger charge is 2.18. The van der Waals surface area contributed by atoms with Crippen LogP contribution in [0.5, 0.6) is 0 Å². The molecular weight excluding hydrogens is 321 g/mol. The summed E-state index contributed by atoms with van der Waals surface area (Å²) in [7, 11) is 0. The maximum atomic E-state index is 13.6. The lowest BCUT2D eigenvalue weighted by Gasteiger charge is -2.12. The first-order chi connectivity index (χ1) is 10.9. The summed E-state index contributed by atoms with van der Waals surface area (Å²) >= 11 is 5.77. The van der Waals surface area contributed by atoms with E-state index in [9.17, 15) is 14.0 Å². The molecule has 0 aliphatic rings. The van der Waals surface area contributed by atoms with Gasteiger partial charge in [0.2, 0.25) is 0 Å². The molecule has 0 aliphatic heterocycles. The van der Waals surface area contributed by atoms with Gasteiger partial charge >= 0.3 is 5.97 Å². The monoisotopic (exact) mass is 335 g/mol. The van der Waals surface area contributed by atoms with Crippen LogP contribution in [0, 0.1) is 19.7 Å². The molecule has 2 aromatic carbocycles. The largest absolute Gasteiger partial charge is 0.452 e. The van der Waals surface area contributed by atoms with Gasteiger partial charge in [0.15, 0.2) is 6.61 Å². The van der Waals surface area contributed by atoms with E-state index in [-0.39, 0.29) is 10.6 Å². The molecule has 0 spiro atoms. The number of benzene rings is 2. The molecule has 4 nitrogen and oxygen atoms in total. The summed E-state index contributed by atoms with van der Waals surface area (Å²) in [4.78, 5) is 23.8. The fourth-order valence-electron chi connectivity index (χ4n) is 2.08. The maximum Gasteiger partial charge on any atom is 0.343 e. The Morgan fingerprint density at radius 2 is 1.74 bits per heavy atom. The van der Waals surface area contributed by atoms with Crippen LogP contribution in [0.3, 0.4) is 0 Å². The van der Waals surface area contributed by atoms with Gasteiger partial charge in [-0.15, -0.1) is 0 Å². The first-order valence-electron chi connectivity index (χ1n) is 6.87. The number of carbonyl (C=O) groups excluding carboxylic acids is 2. The summed E-state index contributed by atoms with van der Waals surface area (Å²) in [6.45, 7) is 3.18. The van der Waals surface area contributed by atoms with Crippen LogP contribution in [0.2, 0.25) is 5.02 Å². The standard InChI is InChI=1S/C17H15ClFNO3/c1-10-5-3-6-11(2)16(10)20-14(21)9-23-17(22)15-12(18)7-4-8-13(15)19/h3-8H,9H2,1-2H3,(H,20,21). The zero-order chi connectivity index (χ0) is 17.0. The smallest absolute Gasteiger partial charge is 0.343 e. The maximum absolute atomic E-state index is 13.6. The Morgan fingerprint density at radius 3 is 2.35 bits per heavy atom. The second-order valence-corrected chi connectivity index (χ2v) is 5.39. The third kappa shape index (κ3) is 4.07. The Kier molecular flexibility index (Phi) is 5.34. The van der Waals surface area contributed by atoms with E-state index >= 15 is 0 Å². The minimum atomic E-state index is -0.982. The molecule has 0 fully saturated rings. The summed E-state index contributed by atoms with van der Waals surface area (Å²) in [6, 6.07) is 9.43. The highest BCUT2D eigenvalue weighted by Crippen LogP contribution is 2.21. The van der Waals surface area contributed by atoms with Gasteiger partial charge in [0.1, 0.15) is 11.4 Å². The predicted molar refractivity (Wildman–Crippen MR) is 86.2 cm³/mol. The number of ether oxygens (including phenoxy) is 1. The van der Waals surface area contributed by atoms with E-state index in [0.717, 1.165) is 17.2 Å². The van der Waals surface area contributed by atoms with Gasteiger partial charge in [-0.3, -0.25) is 4.79 Å². The lowest BCUT2D eigenvalue weighted by Crippen LogP contribution is -2.22. The number of esters is 1. The molecular formula is C17H15ClFNO3. The molecule has 1 N–H and O–H groups in total. The van der Waals surface area contributed by atoms with Crippen molar-refractivity contribution in [3.63, 3.8) is 0 Å². The molecule has 0 radical (unpaired) electrons. The van der Waals surface area contributed by atoms with Crippen LogP contribution >= 0.6 is 11.6 Å². The summed E-state index contributed by atoms with van der Waals surface area (Å²) in [5.41, 5.74) is 2.06. The normalized spacial score (nSPS) is 10.3. The van der Waals surface area contributed by atoms with Crippen molar-refractivity contribution in [3.8, 4) is 0 Å². The molecule has 2 aromatic rings. The van der Waals surface area contributed by atoms with Crippen LogP contribution in [-0.4, -0.2) is 18.5 Å². The van der Waals surface area contributed by atoms with Crippen LogP contribution < -0.4 is 5.32 Å². The number of amides is 1. The Hall–Kier alpha value is -2.40. The number of halogens is 2. The van der Waals surface area contributed by atoms with Crippen molar-refractivity contribution in [1.29, 1.82) is 0 Å².